The first-order valence-electron chi connectivity index (χ1n) is 2.37. The fraction of sp³-hybridized carbons (Fsp3) is 0.200. The second-order valence-corrected chi connectivity index (χ2v) is 1.67. The zero-order valence-corrected chi connectivity index (χ0v) is 4.41. The van der Waals surface area contributed by atoms with Crippen LogP contribution in [0.15, 0.2) is 24.1 Å². The predicted octanol–water partition coefficient (Wildman–Crippen LogP) is 0.131. The van der Waals surface area contributed by atoms with Crippen LogP contribution in [-0.2, 0) is 0 Å². The van der Waals surface area contributed by atoms with Gasteiger partial charge in [-0.25, -0.2) is 5.84 Å². The first-order valence-corrected chi connectivity index (χ1v) is 2.37. The van der Waals surface area contributed by atoms with Crippen molar-refractivity contribution in [3.8, 4) is 0 Å². The highest BCUT2D eigenvalue weighted by molar-refractivity contribution is 5.11. The molecule has 0 radical (unpaired) electrons. The fourth-order valence-corrected chi connectivity index (χ4v) is 0.557. The number of aliphatic hydroxyl groups is 1. The molecule has 0 fully saturated rings. The van der Waals surface area contributed by atoms with Gasteiger partial charge in [-0.1, -0.05) is 0 Å². The van der Waals surface area contributed by atoms with Crippen molar-refractivity contribution in [1.29, 1.82) is 0 Å². The second-order valence-electron chi connectivity index (χ2n) is 1.67. The SMILES string of the molecule is NN1C=CC=C(O)C1. The molecule has 0 spiro atoms. The summed E-state index contributed by atoms with van der Waals surface area (Å²) in [5.74, 6) is 5.57. The molecule has 8 heavy (non-hydrogen) atoms. The van der Waals surface area contributed by atoms with E-state index in [1.807, 2.05) is 0 Å². The number of rotatable bonds is 0. The Morgan fingerprint density at radius 1 is 1.75 bits per heavy atom. The molecule has 1 aliphatic rings. The first-order chi connectivity index (χ1) is 3.79. The molecule has 1 aliphatic heterocycles. The van der Waals surface area contributed by atoms with Gasteiger partial charge in [0.25, 0.3) is 0 Å². The van der Waals surface area contributed by atoms with Crippen LogP contribution in [0.4, 0.5) is 0 Å². The van der Waals surface area contributed by atoms with Crippen LogP contribution >= 0.6 is 0 Å². The minimum atomic E-state index is 0.301. The summed E-state index contributed by atoms with van der Waals surface area (Å²) in [7, 11) is 0. The molecule has 0 atom stereocenters. The van der Waals surface area contributed by atoms with Crippen molar-refractivity contribution in [3.05, 3.63) is 24.1 Å². The Morgan fingerprint density at radius 3 is 2.88 bits per heavy atom. The Morgan fingerprint density at radius 2 is 2.50 bits per heavy atom. The van der Waals surface area contributed by atoms with Crippen molar-refractivity contribution in [2.24, 2.45) is 5.84 Å². The Labute approximate surface area is 47.7 Å². The van der Waals surface area contributed by atoms with E-state index in [1.54, 1.807) is 18.4 Å². The molecule has 0 unspecified atom stereocenters. The minimum absolute atomic E-state index is 0.301. The van der Waals surface area contributed by atoms with Gasteiger partial charge in [0.2, 0.25) is 0 Å². The maximum Gasteiger partial charge on any atom is 0.113 e. The van der Waals surface area contributed by atoms with E-state index in [-0.39, 0.29) is 0 Å². The van der Waals surface area contributed by atoms with Gasteiger partial charge in [0.1, 0.15) is 5.76 Å². The van der Waals surface area contributed by atoms with E-state index in [9.17, 15) is 0 Å². The molecule has 44 valence electrons. The highest BCUT2D eigenvalue weighted by Gasteiger charge is 1.98. The summed E-state index contributed by atoms with van der Waals surface area (Å²) in [6, 6.07) is 0. The topological polar surface area (TPSA) is 49.5 Å². The third-order valence-electron chi connectivity index (χ3n) is 0.911. The molecule has 0 saturated heterocycles. The maximum absolute atomic E-state index is 8.77. The summed E-state index contributed by atoms with van der Waals surface area (Å²) < 4.78 is 0. The molecular weight excluding hydrogens is 104 g/mol. The summed E-state index contributed by atoms with van der Waals surface area (Å²) in [4.78, 5) is 0. The molecule has 0 aromatic carbocycles. The standard InChI is InChI=1S/C5H8N2O/c6-7-3-1-2-5(8)4-7/h1-3,8H,4,6H2. The van der Waals surface area contributed by atoms with E-state index < -0.39 is 0 Å². The maximum atomic E-state index is 8.77. The number of hydrogen-bond donors (Lipinski definition) is 2. The number of hydrogen-bond acceptors (Lipinski definition) is 3. The van der Waals surface area contributed by atoms with Crippen molar-refractivity contribution in [2.45, 2.75) is 0 Å². The fourth-order valence-electron chi connectivity index (χ4n) is 0.557. The van der Waals surface area contributed by atoms with Gasteiger partial charge in [-0.3, -0.25) is 0 Å². The molecule has 3 heteroatoms. The van der Waals surface area contributed by atoms with Gasteiger partial charge in [-0.05, 0) is 12.2 Å². The minimum Gasteiger partial charge on any atom is -0.510 e. The van der Waals surface area contributed by atoms with E-state index in [0.29, 0.717) is 12.3 Å². The average Bonchev–Trinajstić information content (AvgIpc) is 1.64. The predicted molar refractivity (Wildman–Crippen MR) is 30.7 cm³/mol. The van der Waals surface area contributed by atoms with Crippen LogP contribution in [0.3, 0.4) is 0 Å². The van der Waals surface area contributed by atoms with Gasteiger partial charge in [-0.15, -0.1) is 0 Å². The smallest absolute Gasteiger partial charge is 0.113 e. The molecule has 3 N–H and O–H groups in total. The quantitative estimate of drug-likeness (QED) is 0.438. The number of nitrogens with zero attached hydrogens (tertiary/aromatic N) is 1. The normalized spacial score (nSPS) is 18.6. The van der Waals surface area contributed by atoms with E-state index in [2.05, 4.69) is 0 Å². The van der Waals surface area contributed by atoms with Crippen LogP contribution in [0.1, 0.15) is 0 Å². The molecule has 0 amide bonds. The van der Waals surface area contributed by atoms with Crippen molar-refractivity contribution in [1.82, 2.24) is 5.01 Å². The Bertz CT molecular complexity index is 139. The van der Waals surface area contributed by atoms with Gasteiger partial charge >= 0.3 is 0 Å². The molecule has 0 bridgehead atoms. The molecule has 0 aliphatic carbocycles. The summed E-state index contributed by atoms with van der Waals surface area (Å²) >= 11 is 0. The van der Waals surface area contributed by atoms with E-state index in [1.165, 1.54) is 5.01 Å². The Balaban J connectivity index is 2.59. The Hall–Kier alpha value is -0.960. The molecule has 0 saturated carbocycles. The summed E-state index contributed by atoms with van der Waals surface area (Å²) in [5, 5.41) is 10.2. The van der Waals surface area contributed by atoms with Gasteiger partial charge in [0, 0.05) is 6.20 Å². The van der Waals surface area contributed by atoms with Crippen LogP contribution < -0.4 is 5.84 Å². The summed E-state index contributed by atoms with van der Waals surface area (Å²) in [6.45, 7) is 0.413. The molecule has 1 rings (SSSR count). The second kappa shape index (κ2) is 1.88. The summed E-state index contributed by atoms with van der Waals surface area (Å²) in [5.41, 5.74) is 0. The van der Waals surface area contributed by atoms with Crippen LogP contribution in [0, 0.1) is 0 Å². The van der Waals surface area contributed by atoms with Crippen LogP contribution in [0.5, 0.6) is 0 Å². The summed E-state index contributed by atoms with van der Waals surface area (Å²) in [6.07, 6.45) is 5.00. The number of allylic oxidation sites excluding steroid dienone is 2. The third-order valence-corrected chi connectivity index (χ3v) is 0.911. The number of hydrazine groups is 1. The number of nitrogens with two attached hydrogens (primary N) is 1. The monoisotopic (exact) mass is 112 g/mol. The van der Waals surface area contributed by atoms with Gasteiger partial charge in [0.05, 0.1) is 6.54 Å². The van der Waals surface area contributed by atoms with Crippen LogP contribution in [0.2, 0.25) is 0 Å². The van der Waals surface area contributed by atoms with Crippen LogP contribution in [0.25, 0.3) is 0 Å². The lowest BCUT2D eigenvalue weighted by molar-refractivity contribution is 0.313. The highest BCUT2D eigenvalue weighted by Crippen LogP contribution is 1.97. The highest BCUT2D eigenvalue weighted by atomic mass is 16.3. The van der Waals surface area contributed by atoms with Gasteiger partial charge in [0.15, 0.2) is 0 Å². The average molecular weight is 112 g/mol. The van der Waals surface area contributed by atoms with E-state index in [0.717, 1.165) is 0 Å². The lowest BCUT2D eigenvalue weighted by Crippen LogP contribution is -2.28. The van der Waals surface area contributed by atoms with Crippen molar-refractivity contribution in [3.63, 3.8) is 0 Å². The Kier molecular flexibility index (Phi) is 1.22. The molecule has 3 nitrogen and oxygen atoms in total. The number of aliphatic hydroxyl groups excluding tert-OH is 1. The molecule has 0 aromatic heterocycles. The largest absolute Gasteiger partial charge is 0.510 e. The van der Waals surface area contributed by atoms with Gasteiger partial charge < -0.3 is 10.1 Å². The van der Waals surface area contributed by atoms with Gasteiger partial charge in [-0.2, -0.15) is 0 Å². The molecular formula is C5H8N2O. The first kappa shape index (κ1) is 5.18. The van der Waals surface area contributed by atoms with E-state index in [4.69, 9.17) is 10.9 Å². The zero-order chi connectivity index (χ0) is 5.98. The van der Waals surface area contributed by atoms with E-state index >= 15 is 0 Å². The van der Waals surface area contributed by atoms with Crippen molar-refractivity contribution >= 4 is 0 Å². The van der Waals surface area contributed by atoms with Crippen molar-refractivity contribution < 1.29 is 5.11 Å². The van der Waals surface area contributed by atoms with Crippen LogP contribution in [-0.4, -0.2) is 16.7 Å². The third kappa shape index (κ3) is 1.01. The lowest BCUT2D eigenvalue weighted by Gasteiger charge is -2.14. The molecule has 1 heterocycles. The lowest BCUT2D eigenvalue weighted by atomic mass is 10.3. The molecule has 0 aromatic rings. The van der Waals surface area contributed by atoms with Crippen molar-refractivity contribution in [2.75, 3.05) is 6.54 Å². The zero-order valence-electron chi connectivity index (χ0n) is 4.41.